The average molecular weight is 318 g/mol. The summed E-state index contributed by atoms with van der Waals surface area (Å²) < 4.78 is 26.4. The Morgan fingerprint density at radius 1 is 1.33 bits per heavy atom. The molecule has 0 aromatic heterocycles. The quantitative estimate of drug-likeness (QED) is 0.672. The number of rotatable bonds is 8. The molecular formula is C15H26O5S. The topological polar surface area (TPSA) is 83.8 Å². The highest BCUT2D eigenvalue weighted by atomic mass is 32.2. The Morgan fingerprint density at radius 2 is 2.00 bits per heavy atom. The van der Waals surface area contributed by atoms with Crippen LogP contribution in [0.15, 0.2) is 23.5 Å². The summed E-state index contributed by atoms with van der Waals surface area (Å²) in [6.45, 7) is 4.24. The van der Waals surface area contributed by atoms with Crippen LogP contribution in [0.3, 0.4) is 0 Å². The molecular weight excluding hydrogens is 292 g/mol. The van der Waals surface area contributed by atoms with Gasteiger partial charge in [-0.2, -0.15) is 8.42 Å². The fourth-order valence-electron chi connectivity index (χ4n) is 2.31. The summed E-state index contributed by atoms with van der Waals surface area (Å²) in [7, 11) is -3.47. The molecule has 2 N–H and O–H groups in total. The van der Waals surface area contributed by atoms with Crippen molar-refractivity contribution in [3.8, 4) is 0 Å². The first-order chi connectivity index (χ1) is 9.69. The van der Waals surface area contributed by atoms with Crippen molar-refractivity contribution in [2.45, 2.75) is 45.6 Å². The van der Waals surface area contributed by atoms with Crippen LogP contribution in [0.5, 0.6) is 0 Å². The van der Waals surface area contributed by atoms with Crippen molar-refractivity contribution < 1.29 is 22.8 Å². The van der Waals surface area contributed by atoms with Crippen LogP contribution in [0.1, 0.15) is 39.5 Å². The molecule has 0 heterocycles. The molecule has 122 valence electrons. The first kappa shape index (κ1) is 18.2. The zero-order valence-corrected chi connectivity index (χ0v) is 13.8. The molecule has 0 spiro atoms. The van der Waals surface area contributed by atoms with E-state index in [1.165, 1.54) is 0 Å². The number of aliphatic hydroxyl groups excluding tert-OH is 2. The van der Waals surface area contributed by atoms with Crippen LogP contribution in [-0.2, 0) is 14.3 Å². The summed E-state index contributed by atoms with van der Waals surface area (Å²) in [5.41, 5.74) is 0.818. The normalized spacial score (nSPS) is 21.1. The second kappa shape index (κ2) is 7.96. The SMILES string of the molecule is CC(C)CCC1CC(C(O)CCOS(C)(=O)=O)=CC=C1O. The van der Waals surface area contributed by atoms with Gasteiger partial charge in [-0.1, -0.05) is 26.3 Å². The van der Waals surface area contributed by atoms with Crippen LogP contribution >= 0.6 is 0 Å². The molecule has 0 aromatic rings. The lowest BCUT2D eigenvalue weighted by atomic mass is 9.85. The van der Waals surface area contributed by atoms with E-state index >= 15 is 0 Å². The van der Waals surface area contributed by atoms with Crippen LogP contribution in [0.25, 0.3) is 0 Å². The highest BCUT2D eigenvalue weighted by Gasteiger charge is 2.23. The van der Waals surface area contributed by atoms with Gasteiger partial charge in [0.2, 0.25) is 0 Å². The summed E-state index contributed by atoms with van der Waals surface area (Å²) in [5.74, 6) is 0.970. The van der Waals surface area contributed by atoms with Crippen LogP contribution in [0, 0.1) is 11.8 Å². The van der Waals surface area contributed by atoms with Crippen LogP contribution in [-0.4, -0.2) is 37.6 Å². The van der Waals surface area contributed by atoms with E-state index in [1.54, 1.807) is 12.2 Å². The van der Waals surface area contributed by atoms with E-state index in [2.05, 4.69) is 18.0 Å². The molecule has 5 nitrogen and oxygen atoms in total. The van der Waals surface area contributed by atoms with E-state index in [0.29, 0.717) is 18.1 Å². The minimum atomic E-state index is -3.47. The van der Waals surface area contributed by atoms with Crippen molar-refractivity contribution in [2.75, 3.05) is 12.9 Å². The number of hydrogen-bond donors (Lipinski definition) is 2. The van der Waals surface area contributed by atoms with Gasteiger partial charge in [0.1, 0.15) is 0 Å². The Bertz CT molecular complexity index is 490. The molecule has 0 amide bonds. The van der Waals surface area contributed by atoms with E-state index in [9.17, 15) is 18.6 Å². The third-order valence-corrected chi connectivity index (χ3v) is 4.17. The molecule has 6 heteroatoms. The van der Waals surface area contributed by atoms with E-state index in [1.807, 2.05) is 0 Å². The van der Waals surface area contributed by atoms with E-state index in [-0.39, 0.29) is 18.9 Å². The Balaban J connectivity index is 2.51. The van der Waals surface area contributed by atoms with E-state index in [0.717, 1.165) is 24.7 Å². The highest BCUT2D eigenvalue weighted by Crippen LogP contribution is 2.31. The molecule has 0 aliphatic heterocycles. The summed E-state index contributed by atoms with van der Waals surface area (Å²) in [5, 5.41) is 20.0. The van der Waals surface area contributed by atoms with Crippen molar-refractivity contribution in [2.24, 2.45) is 11.8 Å². The fraction of sp³-hybridized carbons (Fsp3) is 0.733. The maximum absolute atomic E-state index is 10.9. The molecule has 0 bridgehead atoms. The summed E-state index contributed by atoms with van der Waals surface area (Å²) >= 11 is 0. The van der Waals surface area contributed by atoms with Crippen molar-refractivity contribution in [3.05, 3.63) is 23.5 Å². The molecule has 0 radical (unpaired) electrons. The van der Waals surface area contributed by atoms with Gasteiger partial charge in [0.05, 0.1) is 24.7 Å². The second-order valence-corrected chi connectivity index (χ2v) is 7.68. The van der Waals surface area contributed by atoms with Crippen molar-refractivity contribution in [1.29, 1.82) is 0 Å². The smallest absolute Gasteiger partial charge is 0.264 e. The third-order valence-electron chi connectivity index (χ3n) is 3.58. The van der Waals surface area contributed by atoms with E-state index in [4.69, 9.17) is 0 Å². The minimum absolute atomic E-state index is 0.0380. The van der Waals surface area contributed by atoms with Crippen LogP contribution in [0.2, 0.25) is 0 Å². The molecule has 0 fully saturated rings. The first-order valence-corrected chi connectivity index (χ1v) is 9.12. The Kier molecular flexibility index (Phi) is 6.90. The van der Waals surface area contributed by atoms with Gasteiger partial charge in [0.15, 0.2) is 0 Å². The number of hydrogen-bond acceptors (Lipinski definition) is 5. The Morgan fingerprint density at radius 3 is 2.57 bits per heavy atom. The van der Waals surface area contributed by atoms with Gasteiger partial charge in [-0.25, -0.2) is 0 Å². The zero-order chi connectivity index (χ0) is 16.0. The van der Waals surface area contributed by atoms with Crippen LogP contribution in [0.4, 0.5) is 0 Å². The van der Waals surface area contributed by atoms with Gasteiger partial charge >= 0.3 is 0 Å². The maximum atomic E-state index is 10.9. The number of aliphatic hydroxyl groups is 2. The molecule has 1 rings (SSSR count). The molecule has 2 atom stereocenters. The third kappa shape index (κ3) is 7.11. The largest absolute Gasteiger partial charge is 0.512 e. The summed E-state index contributed by atoms with van der Waals surface area (Å²) in [4.78, 5) is 0. The van der Waals surface area contributed by atoms with Crippen molar-refractivity contribution in [1.82, 2.24) is 0 Å². The molecule has 0 aromatic carbocycles. The first-order valence-electron chi connectivity index (χ1n) is 7.31. The molecule has 1 aliphatic carbocycles. The average Bonchev–Trinajstić information content (AvgIpc) is 2.35. The van der Waals surface area contributed by atoms with Gasteiger partial charge in [-0.15, -0.1) is 0 Å². The lowest BCUT2D eigenvalue weighted by Crippen LogP contribution is -2.20. The Labute approximate surface area is 127 Å². The lowest BCUT2D eigenvalue weighted by molar-refractivity contribution is 0.162. The summed E-state index contributed by atoms with van der Waals surface area (Å²) in [6.07, 6.45) is 6.32. The van der Waals surface area contributed by atoms with Crippen molar-refractivity contribution in [3.63, 3.8) is 0 Å². The predicted molar refractivity (Wildman–Crippen MR) is 82.4 cm³/mol. The fourth-order valence-corrected chi connectivity index (χ4v) is 2.71. The van der Waals surface area contributed by atoms with E-state index < -0.39 is 16.2 Å². The standard InChI is InChI=1S/C15H26O5S/c1-11(2)4-5-12-10-13(6-7-14(12)16)15(17)8-9-20-21(3,18)19/h6-7,11-12,15-17H,4-5,8-10H2,1-3H3. The maximum Gasteiger partial charge on any atom is 0.264 e. The lowest BCUT2D eigenvalue weighted by Gasteiger charge is -2.25. The highest BCUT2D eigenvalue weighted by molar-refractivity contribution is 7.85. The van der Waals surface area contributed by atoms with Crippen LogP contribution < -0.4 is 0 Å². The predicted octanol–water partition coefficient (Wildman–Crippen LogP) is 2.54. The van der Waals surface area contributed by atoms with Gasteiger partial charge in [-0.3, -0.25) is 4.18 Å². The molecule has 1 aliphatic rings. The molecule has 21 heavy (non-hydrogen) atoms. The Hall–Kier alpha value is -0.850. The molecule has 2 unspecified atom stereocenters. The minimum Gasteiger partial charge on any atom is -0.512 e. The molecule has 0 saturated carbocycles. The van der Waals surface area contributed by atoms with Crippen molar-refractivity contribution >= 4 is 10.1 Å². The monoisotopic (exact) mass is 318 g/mol. The zero-order valence-electron chi connectivity index (χ0n) is 12.9. The van der Waals surface area contributed by atoms with Gasteiger partial charge < -0.3 is 10.2 Å². The second-order valence-electron chi connectivity index (χ2n) is 6.04. The van der Waals surface area contributed by atoms with Gasteiger partial charge in [-0.05, 0) is 30.4 Å². The van der Waals surface area contributed by atoms with Gasteiger partial charge in [0.25, 0.3) is 10.1 Å². The molecule has 0 saturated heterocycles. The van der Waals surface area contributed by atoms with Gasteiger partial charge in [0, 0.05) is 12.3 Å². The summed E-state index contributed by atoms with van der Waals surface area (Å²) in [6, 6.07) is 0. The number of allylic oxidation sites excluding steroid dienone is 3.